The van der Waals surface area contributed by atoms with Gasteiger partial charge in [-0.05, 0) is 110 Å². The van der Waals surface area contributed by atoms with E-state index in [9.17, 15) is 4.79 Å². The Bertz CT molecular complexity index is 1650. The maximum absolute atomic E-state index is 12.0. The summed E-state index contributed by atoms with van der Waals surface area (Å²) in [7, 11) is 1.63. The maximum atomic E-state index is 12.0. The topological polar surface area (TPSA) is 69.7 Å². The number of nitrogen functional groups attached to an aromatic ring is 1. The predicted molar refractivity (Wildman–Crippen MR) is 189 cm³/mol. The lowest BCUT2D eigenvalue weighted by Gasteiger charge is -2.34. The van der Waals surface area contributed by atoms with Crippen LogP contribution in [0.3, 0.4) is 0 Å². The van der Waals surface area contributed by atoms with Gasteiger partial charge in [-0.25, -0.2) is 0 Å². The number of thioether (sulfide) groups is 2. The summed E-state index contributed by atoms with van der Waals surface area (Å²) >= 11 is 15.3. The lowest BCUT2D eigenvalue weighted by molar-refractivity contribution is -0.120. The molecule has 3 aromatic carbocycles. The molecular weight excluding hydrogens is 633 g/mol. The Labute approximate surface area is 278 Å². The van der Waals surface area contributed by atoms with Crippen LogP contribution in [0.1, 0.15) is 43.6 Å². The number of nitrogens with zero attached hydrogens (tertiary/aromatic N) is 2. The van der Waals surface area contributed by atoms with Crippen LogP contribution in [0.4, 0.5) is 0 Å². The second kappa shape index (κ2) is 15.7. The Hall–Kier alpha value is -3.17. The number of halogens is 2. The fourth-order valence-corrected chi connectivity index (χ4v) is 7.01. The number of rotatable bonds is 9. The number of hydrogen-bond donors (Lipinski definition) is 1. The summed E-state index contributed by atoms with van der Waals surface area (Å²) in [6.45, 7) is 6.78. The Balaban J connectivity index is 0.000000421. The highest BCUT2D eigenvalue weighted by molar-refractivity contribution is 8.08. The molecule has 1 unspecified atom stereocenters. The first-order valence-corrected chi connectivity index (χ1v) is 17.0. The van der Waals surface area contributed by atoms with Gasteiger partial charge in [0.2, 0.25) is 6.41 Å². The van der Waals surface area contributed by atoms with Crippen molar-refractivity contribution < 1.29 is 14.3 Å². The number of nitrogens with two attached hydrogens (primary N) is 1. The molecule has 6 nitrogen and oxygen atoms in total. The summed E-state index contributed by atoms with van der Waals surface area (Å²) < 4.78 is 12.9. The lowest BCUT2D eigenvalue weighted by atomic mass is 9.93. The van der Waals surface area contributed by atoms with Gasteiger partial charge in [-0.2, -0.15) is 11.8 Å². The van der Waals surface area contributed by atoms with Crippen molar-refractivity contribution in [3.8, 4) is 11.5 Å². The molecule has 0 saturated heterocycles. The number of aromatic nitrogens is 1. The number of fused-ring (bicyclic) bond motifs is 3. The molecule has 0 spiro atoms. The predicted octanol–water partition coefficient (Wildman–Crippen LogP) is 9.09. The van der Waals surface area contributed by atoms with Crippen molar-refractivity contribution in [3.63, 3.8) is 0 Å². The maximum Gasteiger partial charge on any atom is 0.210 e. The molecule has 0 radical (unpaired) electrons. The number of carbonyl (C=O) groups is 1. The van der Waals surface area contributed by atoms with Gasteiger partial charge in [0.25, 0.3) is 0 Å². The average molecular weight is 671 g/mol. The smallest absolute Gasteiger partial charge is 0.210 e. The largest absolute Gasteiger partial charge is 0.497 e. The Kier molecular flexibility index (Phi) is 12.0. The van der Waals surface area contributed by atoms with Crippen LogP contribution in [0.15, 0.2) is 88.4 Å². The van der Waals surface area contributed by atoms with Crippen LogP contribution in [-0.4, -0.2) is 41.6 Å². The van der Waals surface area contributed by atoms with Crippen LogP contribution >= 0.6 is 46.7 Å². The molecule has 0 bridgehead atoms. The number of carbonyl (C=O) groups excluding carboxylic acids is 1. The van der Waals surface area contributed by atoms with Gasteiger partial charge in [0.15, 0.2) is 5.09 Å². The highest BCUT2D eigenvalue weighted by Crippen LogP contribution is 2.40. The van der Waals surface area contributed by atoms with E-state index in [4.69, 9.17) is 38.5 Å². The molecule has 1 atom stereocenters. The lowest BCUT2D eigenvalue weighted by Crippen LogP contribution is -2.37. The fourth-order valence-electron chi connectivity index (χ4n) is 4.98. The third-order valence-corrected chi connectivity index (χ3v) is 9.74. The molecule has 232 valence electrons. The molecule has 1 amide bonds. The van der Waals surface area contributed by atoms with E-state index in [1.165, 1.54) is 4.91 Å². The third-order valence-electron chi connectivity index (χ3n) is 7.15. The highest BCUT2D eigenvalue weighted by Gasteiger charge is 2.33. The van der Waals surface area contributed by atoms with Crippen molar-refractivity contribution >= 4 is 64.0 Å². The molecular formula is C34H37Cl2N3O3S2. The zero-order valence-electron chi connectivity index (χ0n) is 25.5. The number of ether oxygens (including phenoxy) is 2. The van der Waals surface area contributed by atoms with Crippen LogP contribution in [-0.2, 0) is 11.2 Å². The first-order chi connectivity index (χ1) is 21.2. The van der Waals surface area contributed by atoms with Crippen molar-refractivity contribution in [2.24, 2.45) is 0 Å². The van der Waals surface area contributed by atoms with E-state index >= 15 is 0 Å². The summed E-state index contributed by atoms with van der Waals surface area (Å²) in [5.41, 5.74) is 5.07. The molecule has 2 heterocycles. The number of amides is 1. The van der Waals surface area contributed by atoms with Crippen LogP contribution < -0.4 is 15.3 Å². The molecule has 0 fully saturated rings. The minimum absolute atomic E-state index is 0.282. The monoisotopic (exact) mass is 669 g/mol. The molecule has 1 aliphatic rings. The number of methoxy groups -OCH3 is 1. The van der Waals surface area contributed by atoms with E-state index in [0.29, 0.717) is 11.6 Å². The molecule has 0 saturated carbocycles. The number of allylic oxidation sites excluding steroid dienone is 2. The summed E-state index contributed by atoms with van der Waals surface area (Å²) in [5.74, 6) is 9.09. The first-order valence-electron chi connectivity index (χ1n) is 14.1. The normalized spacial score (nSPS) is 14.4. The molecule has 4 aromatic rings. The van der Waals surface area contributed by atoms with Gasteiger partial charge in [-0.15, -0.1) is 0 Å². The Morgan fingerprint density at radius 3 is 2.27 bits per heavy atom. The molecule has 5 rings (SSSR count). The molecule has 1 aliphatic heterocycles. The third kappa shape index (κ3) is 7.91. The second-order valence-electron chi connectivity index (χ2n) is 10.3. The van der Waals surface area contributed by atoms with Gasteiger partial charge in [0.1, 0.15) is 11.5 Å². The van der Waals surface area contributed by atoms with Crippen molar-refractivity contribution in [2.75, 3.05) is 31.5 Å². The standard InChI is InChI=1S/C27H30ClN3O2S2.C7H7ClO/c1-5-21(15-34-4)35-27(17(2)3)33-20-9-6-18(7-10-20)25-26-22(12-13-30(25)16-32)23-14-19(28)8-11-24(23)31(26)29;1-9-7-4-2-6(8)3-5-7/h5-11,14,16,25H,12-13,15,29H2,1-4H3;2-5H,1H3/b21-5-;. The fraction of sp³-hybridized carbons (Fsp3) is 0.265. The van der Waals surface area contributed by atoms with Crippen LogP contribution in [0.5, 0.6) is 11.5 Å². The van der Waals surface area contributed by atoms with Crippen molar-refractivity contribution in [2.45, 2.75) is 33.2 Å². The van der Waals surface area contributed by atoms with Gasteiger partial charge < -0.3 is 20.2 Å². The SMILES string of the molecule is C/C=C(/CSC)SC(Oc1ccc(C2c3c(c4cc(Cl)ccc4n3N)CCN2C=O)cc1)=C(C)C.COc1ccc(Cl)cc1. The second-order valence-corrected chi connectivity index (χ2v) is 13.1. The van der Waals surface area contributed by atoms with Crippen molar-refractivity contribution in [3.05, 3.63) is 115 Å². The van der Waals surface area contributed by atoms with E-state index < -0.39 is 0 Å². The summed E-state index contributed by atoms with van der Waals surface area (Å²) in [6.07, 6.45) is 5.87. The highest BCUT2D eigenvalue weighted by atomic mass is 35.5. The van der Waals surface area contributed by atoms with Crippen LogP contribution in [0.2, 0.25) is 10.0 Å². The minimum atomic E-state index is -0.282. The Morgan fingerprint density at radius 2 is 1.68 bits per heavy atom. The molecule has 1 aromatic heterocycles. The molecule has 44 heavy (non-hydrogen) atoms. The van der Waals surface area contributed by atoms with E-state index in [-0.39, 0.29) is 6.04 Å². The van der Waals surface area contributed by atoms with E-state index in [1.54, 1.807) is 52.3 Å². The van der Waals surface area contributed by atoms with Crippen LogP contribution in [0, 0.1) is 0 Å². The molecule has 2 N–H and O–H groups in total. The van der Waals surface area contributed by atoms with Crippen molar-refractivity contribution in [1.82, 2.24) is 9.58 Å². The van der Waals surface area contributed by atoms with Gasteiger partial charge >= 0.3 is 0 Å². The Morgan fingerprint density at radius 1 is 1.02 bits per heavy atom. The van der Waals surface area contributed by atoms with Crippen molar-refractivity contribution in [1.29, 1.82) is 0 Å². The van der Waals surface area contributed by atoms with Gasteiger partial charge in [0, 0.05) is 27.7 Å². The summed E-state index contributed by atoms with van der Waals surface area (Å²) in [5, 5.41) is 3.33. The van der Waals surface area contributed by atoms with E-state index in [0.717, 1.165) is 73.5 Å². The zero-order valence-corrected chi connectivity index (χ0v) is 28.6. The van der Waals surface area contributed by atoms with E-state index in [1.807, 2.05) is 54.6 Å². The minimum Gasteiger partial charge on any atom is -0.497 e. The summed E-state index contributed by atoms with van der Waals surface area (Å²) in [6, 6.07) is 20.6. The van der Waals surface area contributed by atoms with Crippen LogP contribution in [0.25, 0.3) is 10.9 Å². The first kappa shape index (κ1) is 33.7. The van der Waals surface area contributed by atoms with Gasteiger partial charge in [-0.3, -0.25) is 9.47 Å². The number of hydrogen-bond acceptors (Lipinski definition) is 6. The molecule has 10 heteroatoms. The van der Waals surface area contributed by atoms with Gasteiger partial charge in [-0.1, -0.05) is 53.2 Å². The number of benzene rings is 3. The quantitative estimate of drug-likeness (QED) is 0.109. The summed E-state index contributed by atoms with van der Waals surface area (Å²) in [4.78, 5) is 15.1. The van der Waals surface area contributed by atoms with E-state index in [2.05, 4.69) is 33.1 Å². The zero-order chi connectivity index (χ0) is 31.8. The average Bonchev–Trinajstić information content (AvgIpc) is 3.31. The van der Waals surface area contributed by atoms with Gasteiger partial charge in [0.05, 0.1) is 24.4 Å². The molecule has 0 aliphatic carbocycles.